The van der Waals surface area contributed by atoms with Gasteiger partial charge in [0.2, 0.25) is 6.79 Å². The van der Waals surface area contributed by atoms with E-state index in [-0.39, 0.29) is 29.8 Å². The lowest BCUT2D eigenvalue weighted by atomic mass is 9.32. The van der Waals surface area contributed by atoms with E-state index in [1.54, 1.807) is 0 Å². The predicted octanol–water partition coefficient (Wildman–Crippen LogP) is 12.1. The lowest BCUT2D eigenvalue weighted by Gasteiger charge is -2.47. The molecule has 0 saturated carbocycles. The molecule has 1 aliphatic carbocycles. The summed E-state index contributed by atoms with van der Waals surface area (Å²) in [6.45, 7) is 23.3. The number of benzene rings is 5. The van der Waals surface area contributed by atoms with Crippen molar-refractivity contribution in [3.8, 4) is 22.6 Å². The first kappa shape index (κ1) is 35.5. The van der Waals surface area contributed by atoms with Gasteiger partial charge in [0.05, 0.1) is 11.4 Å². The highest BCUT2D eigenvalue weighted by molar-refractivity contribution is 6.95. The molecular formula is C50H53BN2O2. The summed E-state index contributed by atoms with van der Waals surface area (Å²) in [5.74, 6) is 1.62. The highest BCUT2D eigenvalue weighted by Crippen LogP contribution is 2.54. The fourth-order valence-corrected chi connectivity index (χ4v) is 9.13. The van der Waals surface area contributed by atoms with Crippen molar-refractivity contribution in [2.45, 2.75) is 92.9 Å². The second-order valence-corrected chi connectivity index (χ2v) is 19.0. The van der Waals surface area contributed by atoms with Crippen LogP contribution in [0.3, 0.4) is 0 Å². The van der Waals surface area contributed by atoms with Crippen LogP contribution < -0.4 is 30.2 Å². The summed E-state index contributed by atoms with van der Waals surface area (Å²) in [6.07, 6.45) is 4.58. The summed E-state index contributed by atoms with van der Waals surface area (Å²) >= 11 is 0. The minimum absolute atomic E-state index is 0.0162. The number of ether oxygens (including phenoxy) is 2. The zero-order valence-electron chi connectivity index (χ0n) is 34.2. The van der Waals surface area contributed by atoms with Crippen LogP contribution in [0.5, 0.6) is 11.5 Å². The summed E-state index contributed by atoms with van der Waals surface area (Å²) in [5.41, 5.74) is 19.1. The normalized spacial score (nSPS) is 16.2. The van der Waals surface area contributed by atoms with Gasteiger partial charge in [0, 0.05) is 28.3 Å². The molecule has 3 heterocycles. The van der Waals surface area contributed by atoms with Crippen molar-refractivity contribution in [1.29, 1.82) is 0 Å². The number of nitrogens with zero attached hydrogens (tertiary/aromatic N) is 2. The molecule has 0 bridgehead atoms. The van der Waals surface area contributed by atoms with E-state index >= 15 is 0 Å². The van der Waals surface area contributed by atoms with Gasteiger partial charge in [0.1, 0.15) is 0 Å². The highest BCUT2D eigenvalue weighted by Gasteiger charge is 2.47. The monoisotopic (exact) mass is 724 g/mol. The van der Waals surface area contributed by atoms with Gasteiger partial charge in [-0.3, -0.25) is 0 Å². The molecule has 9 rings (SSSR count). The fourth-order valence-electron chi connectivity index (χ4n) is 9.13. The maximum Gasteiger partial charge on any atom is 0.251 e. The molecule has 3 aliphatic heterocycles. The lowest BCUT2D eigenvalue weighted by molar-refractivity contribution is 0.174. The Bertz CT molecular complexity index is 2420. The quantitative estimate of drug-likeness (QED) is 0.173. The van der Waals surface area contributed by atoms with Crippen LogP contribution in [0, 0.1) is 12.3 Å². The Kier molecular flexibility index (Phi) is 8.03. The lowest BCUT2D eigenvalue weighted by Crippen LogP contribution is -2.56. The third-order valence-electron chi connectivity index (χ3n) is 12.1. The summed E-state index contributed by atoms with van der Waals surface area (Å²) in [5, 5.41) is 0. The molecule has 0 saturated heterocycles. The van der Waals surface area contributed by atoms with Crippen LogP contribution in [0.15, 0.2) is 120 Å². The molecule has 5 aromatic carbocycles. The number of hydrogen-bond donors (Lipinski definition) is 0. The van der Waals surface area contributed by atoms with E-state index < -0.39 is 0 Å². The average Bonchev–Trinajstić information content (AvgIpc) is 3.63. The molecular weight excluding hydrogens is 671 g/mol. The van der Waals surface area contributed by atoms with Crippen molar-refractivity contribution in [2.24, 2.45) is 5.41 Å². The first-order chi connectivity index (χ1) is 26.1. The van der Waals surface area contributed by atoms with Gasteiger partial charge in [-0.15, -0.1) is 0 Å². The van der Waals surface area contributed by atoms with E-state index in [1.165, 1.54) is 72.5 Å². The molecule has 0 spiro atoms. The zero-order chi connectivity index (χ0) is 38.6. The Morgan fingerprint density at radius 2 is 1.29 bits per heavy atom. The minimum atomic E-state index is -0.0162. The molecule has 0 amide bonds. The number of rotatable bonds is 3. The van der Waals surface area contributed by atoms with Crippen LogP contribution >= 0.6 is 0 Å². The van der Waals surface area contributed by atoms with Crippen LogP contribution in [0.2, 0.25) is 0 Å². The molecule has 0 unspecified atom stereocenters. The van der Waals surface area contributed by atoms with Gasteiger partial charge < -0.3 is 19.3 Å². The number of anilines is 5. The van der Waals surface area contributed by atoms with Crippen molar-refractivity contribution in [3.05, 3.63) is 137 Å². The number of allylic oxidation sites excluding steroid dienone is 4. The molecule has 5 heteroatoms. The standard InChI is InChI=1S/C50H53BN2O2/c1-31-26-42-45-43(27-31)53(40-23-18-34(49(5,6)7)28-37(40)32-14-12-11-13-15-32)46-38(22-25-44-47(46)55-30-54-44)51(45)39-29-35(50(8,9)10)19-24-41(39)52(42)36-20-16-33(17-21-36)48(2,3)4/h11-18,20-23,25-29H,19,24,30H2,1-10H3. The Morgan fingerprint density at radius 3 is 1.96 bits per heavy atom. The number of fused-ring (bicyclic) bond motifs is 5. The first-order valence-corrected chi connectivity index (χ1v) is 20.0. The SMILES string of the molecule is Cc1cc2c3c(c1)N(c1ccc(C(C)(C)C)cc1-c1ccccc1)c1c(ccc4c1OCO4)B3C1=C(CCC(C(C)(C)C)=C1)N2c1ccc(C(C)(C)C)cc1. The van der Waals surface area contributed by atoms with E-state index in [9.17, 15) is 0 Å². The van der Waals surface area contributed by atoms with Gasteiger partial charge in [-0.1, -0.05) is 129 Å². The minimum Gasteiger partial charge on any atom is -0.454 e. The van der Waals surface area contributed by atoms with Crippen LogP contribution in [-0.2, 0) is 10.8 Å². The Labute approximate surface area is 328 Å². The largest absolute Gasteiger partial charge is 0.454 e. The van der Waals surface area contributed by atoms with Crippen molar-refractivity contribution in [1.82, 2.24) is 0 Å². The smallest absolute Gasteiger partial charge is 0.251 e. The van der Waals surface area contributed by atoms with Crippen molar-refractivity contribution in [2.75, 3.05) is 16.6 Å². The Hall–Kier alpha value is -5.16. The summed E-state index contributed by atoms with van der Waals surface area (Å²) in [4.78, 5) is 5.10. The summed E-state index contributed by atoms with van der Waals surface area (Å²) in [7, 11) is 0. The average molecular weight is 725 g/mol. The molecule has 55 heavy (non-hydrogen) atoms. The van der Waals surface area contributed by atoms with E-state index in [0.717, 1.165) is 35.7 Å². The third kappa shape index (κ3) is 5.81. The highest BCUT2D eigenvalue weighted by atomic mass is 16.7. The van der Waals surface area contributed by atoms with Gasteiger partial charge in [0.25, 0.3) is 6.71 Å². The predicted molar refractivity (Wildman–Crippen MR) is 232 cm³/mol. The van der Waals surface area contributed by atoms with Crippen molar-refractivity contribution < 1.29 is 9.47 Å². The topological polar surface area (TPSA) is 24.9 Å². The second-order valence-electron chi connectivity index (χ2n) is 19.0. The van der Waals surface area contributed by atoms with Crippen LogP contribution in [0.1, 0.15) is 91.8 Å². The van der Waals surface area contributed by atoms with Crippen LogP contribution in [-0.4, -0.2) is 13.5 Å². The van der Waals surface area contributed by atoms with Crippen molar-refractivity contribution >= 4 is 46.1 Å². The summed E-state index contributed by atoms with van der Waals surface area (Å²) in [6, 6.07) is 36.5. The molecule has 5 aromatic rings. The van der Waals surface area contributed by atoms with Crippen LogP contribution in [0.25, 0.3) is 11.1 Å². The van der Waals surface area contributed by atoms with E-state index in [1.807, 2.05) is 0 Å². The second kappa shape index (κ2) is 12.4. The molecule has 4 aliphatic rings. The maximum atomic E-state index is 6.49. The molecule has 0 N–H and O–H groups in total. The van der Waals surface area contributed by atoms with Crippen LogP contribution in [0.4, 0.5) is 28.4 Å². The fraction of sp³-hybridized carbons (Fsp3) is 0.320. The van der Waals surface area contributed by atoms with Gasteiger partial charge in [-0.25, -0.2) is 0 Å². The molecule has 4 nitrogen and oxygen atoms in total. The third-order valence-corrected chi connectivity index (χ3v) is 12.1. The summed E-state index contributed by atoms with van der Waals surface area (Å²) < 4.78 is 12.6. The van der Waals surface area contributed by atoms with Gasteiger partial charge >= 0.3 is 0 Å². The van der Waals surface area contributed by atoms with Crippen molar-refractivity contribution in [3.63, 3.8) is 0 Å². The van der Waals surface area contributed by atoms with Gasteiger partial charge in [0.15, 0.2) is 11.5 Å². The molecule has 0 atom stereocenters. The van der Waals surface area contributed by atoms with E-state index in [4.69, 9.17) is 9.47 Å². The Balaban J connectivity index is 1.38. The zero-order valence-corrected chi connectivity index (χ0v) is 34.2. The van der Waals surface area contributed by atoms with E-state index in [2.05, 4.69) is 182 Å². The Morgan fingerprint density at radius 1 is 0.618 bits per heavy atom. The molecule has 278 valence electrons. The van der Waals surface area contributed by atoms with Gasteiger partial charge in [-0.2, -0.15) is 0 Å². The number of hydrogen-bond acceptors (Lipinski definition) is 4. The number of aryl methyl sites for hydroxylation is 1. The maximum absolute atomic E-state index is 6.49. The van der Waals surface area contributed by atoms with E-state index in [0.29, 0.717) is 0 Å². The van der Waals surface area contributed by atoms with Gasteiger partial charge in [-0.05, 0) is 117 Å². The first-order valence-electron chi connectivity index (χ1n) is 20.0. The molecule has 0 fully saturated rings. The molecule has 0 aromatic heterocycles. The molecule has 0 radical (unpaired) electrons.